The van der Waals surface area contributed by atoms with Crippen molar-refractivity contribution in [2.24, 2.45) is 0 Å². The van der Waals surface area contributed by atoms with Gasteiger partial charge in [0.05, 0.1) is 0 Å². The van der Waals surface area contributed by atoms with Crippen LogP contribution in [0.3, 0.4) is 0 Å². The Hall–Kier alpha value is -0.770. The molecule has 21 heavy (non-hydrogen) atoms. The second-order valence-electron chi connectivity index (χ2n) is 4.51. The second-order valence-corrected chi connectivity index (χ2v) is 4.82. The van der Waals surface area contributed by atoms with E-state index in [9.17, 15) is 26.9 Å². The molecule has 0 heterocycles. The van der Waals surface area contributed by atoms with E-state index in [1.54, 1.807) is 0 Å². The van der Waals surface area contributed by atoms with Crippen LogP contribution in [0.5, 0.6) is 0 Å². The van der Waals surface area contributed by atoms with Crippen molar-refractivity contribution in [3.63, 3.8) is 0 Å². The first-order valence-electron chi connectivity index (χ1n) is 6.68. The van der Waals surface area contributed by atoms with Crippen LogP contribution in [-0.2, 0) is 17.7 Å². The van der Waals surface area contributed by atoms with Gasteiger partial charge in [-0.25, -0.2) is 8.78 Å². The zero-order valence-electron chi connectivity index (χ0n) is 11.5. The number of hydrazine groups is 1. The summed E-state index contributed by atoms with van der Waals surface area (Å²) < 4.78 is 59.1. The maximum absolute atomic E-state index is 11.9. The van der Waals surface area contributed by atoms with E-state index < -0.39 is 17.1 Å². The van der Waals surface area contributed by atoms with E-state index in [1.165, 1.54) is 0 Å². The van der Waals surface area contributed by atoms with Crippen molar-refractivity contribution in [1.29, 1.82) is 0 Å². The van der Waals surface area contributed by atoms with Crippen LogP contribution in [0, 0.1) is 4.91 Å². The highest BCUT2D eigenvalue weighted by molar-refractivity contribution is 7.51. The topological polar surface area (TPSA) is 32.5 Å². The van der Waals surface area contributed by atoms with E-state index in [0.29, 0.717) is 25.7 Å². The summed E-state index contributed by atoms with van der Waals surface area (Å²) in [4.78, 5) is 14.1. The number of rotatable bonds is 12. The summed E-state index contributed by atoms with van der Waals surface area (Å²) in [5.74, 6) is 0. The summed E-state index contributed by atoms with van der Waals surface area (Å²) in [6.45, 7) is -0.252. The van der Waals surface area contributed by atoms with Gasteiger partial charge in [-0.1, -0.05) is 32.1 Å². The molecule has 0 aliphatic carbocycles. The molecule has 0 saturated carbocycles. The van der Waals surface area contributed by atoms with Gasteiger partial charge in [0.15, 0.2) is 0 Å². The SMILES string of the molecule is O=[N+]([S-])N(CCCCCCCCCC(F)F)OC(F)(F)F. The molecule has 0 spiro atoms. The molecule has 0 amide bonds. The Morgan fingerprint density at radius 2 is 1.48 bits per heavy atom. The van der Waals surface area contributed by atoms with Gasteiger partial charge in [0, 0.05) is 15.6 Å². The number of hydrogen-bond donors (Lipinski definition) is 0. The third-order valence-corrected chi connectivity index (χ3v) is 2.84. The number of nitroso groups, excluding NO2 is 1. The molecule has 0 aromatic rings. The molecule has 0 bridgehead atoms. The highest BCUT2D eigenvalue weighted by Crippen LogP contribution is 2.19. The van der Waals surface area contributed by atoms with Gasteiger partial charge in [0.1, 0.15) is 6.54 Å². The van der Waals surface area contributed by atoms with Crippen LogP contribution >= 0.6 is 0 Å². The molecule has 4 nitrogen and oxygen atoms in total. The predicted molar refractivity (Wildman–Crippen MR) is 67.8 cm³/mol. The number of nitrogens with zero attached hydrogens (tertiary/aromatic N) is 2. The van der Waals surface area contributed by atoms with Gasteiger partial charge in [0.25, 0.3) is 0 Å². The van der Waals surface area contributed by atoms with Crippen molar-refractivity contribution >= 4 is 12.8 Å². The van der Waals surface area contributed by atoms with E-state index in [2.05, 4.69) is 17.7 Å². The Morgan fingerprint density at radius 1 is 1.00 bits per heavy atom. The van der Waals surface area contributed by atoms with Crippen LogP contribution in [0.2, 0.25) is 0 Å². The molecule has 0 aliphatic heterocycles. The Morgan fingerprint density at radius 3 is 1.90 bits per heavy atom. The maximum atomic E-state index is 11.9. The molecule has 10 heteroatoms. The Kier molecular flexibility index (Phi) is 10.5. The van der Waals surface area contributed by atoms with Gasteiger partial charge < -0.3 is 12.8 Å². The van der Waals surface area contributed by atoms with Crippen LogP contribution < -0.4 is 0 Å². The smallest absolute Gasteiger partial charge is 0.330 e. The summed E-state index contributed by atoms with van der Waals surface area (Å²) in [5, 5.41) is 0.0397. The summed E-state index contributed by atoms with van der Waals surface area (Å²) in [5.41, 5.74) is 0. The molecular formula is C11H19F5N2O2S. The minimum atomic E-state index is -4.95. The number of hydroxylamine groups is 1. The summed E-state index contributed by atoms with van der Waals surface area (Å²) in [7, 11) is 0. The third kappa shape index (κ3) is 13.9. The van der Waals surface area contributed by atoms with E-state index in [0.717, 1.165) is 19.3 Å². The molecule has 0 atom stereocenters. The molecule has 0 N–H and O–H groups in total. The molecule has 0 aromatic carbocycles. The molecule has 0 fully saturated rings. The maximum Gasteiger partial charge on any atom is 0.548 e. The number of hydrogen-bond acceptors (Lipinski definition) is 3. The number of unbranched alkanes of at least 4 members (excludes halogenated alkanes) is 6. The molecule has 0 saturated heterocycles. The quantitative estimate of drug-likeness (QED) is 0.175. The molecule has 0 aromatic heterocycles. The second kappa shape index (κ2) is 10.9. The number of alkyl halides is 5. The Labute approximate surface area is 125 Å². The summed E-state index contributed by atoms with van der Waals surface area (Å²) >= 11 is 4.06. The van der Waals surface area contributed by atoms with Crippen LogP contribution in [0.1, 0.15) is 51.4 Å². The summed E-state index contributed by atoms with van der Waals surface area (Å²) in [6.07, 6.45) is -2.81. The fourth-order valence-corrected chi connectivity index (χ4v) is 1.82. The van der Waals surface area contributed by atoms with Crippen molar-refractivity contribution in [2.75, 3.05) is 6.54 Å². The lowest BCUT2D eigenvalue weighted by atomic mass is 10.1. The van der Waals surface area contributed by atoms with Crippen LogP contribution in [0.4, 0.5) is 22.0 Å². The lowest BCUT2D eigenvalue weighted by Crippen LogP contribution is -2.36. The highest BCUT2D eigenvalue weighted by atomic mass is 32.1. The minimum Gasteiger partial charge on any atom is -0.330 e. The molecular weight excluding hydrogens is 319 g/mol. The van der Waals surface area contributed by atoms with Gasteiger partial charge in [-0.3, -0.25) is 0 Å². The third-order valence-electron chi connectivity index (χ3n) is 2.66. The summed E-state index contributed by atoms with van der Waals surface area (Å²) in [6, 6.07) is 0. The minimum absolute atomic E-state index is 0.0397. The average molecular weight is 338 g/mol. The van der Waals surface area contributed by atoms with Gasteiger partial charge in [-0.2, -0.15) is 0 Å². The van der Waals surface area contributed by atoms with Crippen LogP contribution in [0.15, 0.2) is 0 Å². The number of halogens is 5. The van der Waals surface area contributed by atoms with Gasteiger partial charge in [-0.15, -0.1) is 18.0 Å². The van der Waals surface area contributed by atoms with Crippen LogP contribution in [-0.4, -0.2) is 28.8 Å². The molecule has 0 radical (unpaired) electrons. The highest BCUT2D eigenvalue weighted by Gasteiger charge is 2.36. The zero-order valence-corrected chi connectivity index (χ0v) is 12.3. The van der Waals surface area contributed by atoms with Gasteiger partial charge in [0.2, 0.25) is 6.43 Å². The van der Waals surface area contributed by atoms with E-state index >= 15 is 0 Å². The van der Waals surface area contributed by atoms with Gasteiger partial charge in [-0.05, 0) is 18.0 Å². The van der Waals surface area contributed by atoms with E-state index in [-0.39, 0.29) is 18.1 Å². The van der Waals surface area contributed by atoms with Crippen molar-refractivity contribution in [3.05, 3.63) is 4.91 Å². The van der Waals surface area contributed by atoms with Crippen LogP contribution in [0.25, 0.3) is 0 Å². The van der Waals surface area contributed by atoms with E-state index in [1.807, 2.05) is 0 Å². The molecule has 0 unspecified atom stereocenters. The monoisotopic (exact) mass is 338 g/mol. The fourth-order valence-electron chi connectivity index (χ4n) is 1.71. The Balaban J connectivity index is 3.57. The Bertz CT molecular complexity index is 292. The molecule has 0 rings (SSSR count). The van der Waals surface area contributed by atoms with Crippen molar-refractivity contribution in [2.45, 2.75) is 64.2 Å². The van der Waals surface area contributed by atoms with Gasteiger partial charge >= 0.3 is 6.36 Å². The fraction of sp³-hybridized carbons (Fsp3) is 1.00. The lowest BCUT2D eigenvalue weighted by molar-refractivity contribution is -0.700. The van der Waals surface area contributed by atoms with E-state index in [4.69, 9.17) is 0 Å². The largest absolute Gasteiger partial charge is 0.548 e. The molecule has 126 valence electrons. The molecule has 0 aliphatic rings. The first kappa shape index (κ1) is 20.2. The average Bonchev–Trinajstić information content (AvgIpc) is 2.33. The van der Waals surface area contributed by atoms with Crippen molar-refractivity contribution < 1.29 is 31.1 Å². The first-order chi connectivity index (χ1) is 9.72. The van der Waals surface area contributed by atoms with Crippen molar-refractivity contribution in [3.8, 4) is 0 Å². The lowest BCUT2D eigenvalue weighted by Gasteiger charge is -2.16. The van der Waals surface area contributed by atoms with Crippen molar-refractivity contribution in [1.82, 2.24) is 5.17 Å². The predicted octanol–water partition coefficient (Wildman–Crippen LogP) is 4.28. The normalized spacial score (nSPS) is 11.9. The standard InChI is InChI=1S/C11H19F5N2O2S/c12-10(13)8-6-4-2-1-3-5-7-9-17(18(19)21)20-11(14,15)16/h10H,1-9H2. The first-order valence-corrected chi connectivity index (χ1v) is 7.04. The zero-order chi connectivity index (χ0) is 16.3.